The quantitative estimate of drug-likeness (QED) is 0.645. The first-order valence-corrected chi connectivity index (χ1v) is 4.79. The van der Waals surface area contributed by atoms with Crippen molar-refractivity contribution in [2.45, 2.75) is 6.54 Å². The molecule has 3 heteroatoms. The monoisotopic (exact) mass is 188 g/mol. The first kappa shape index (κ1) is 11.3. The van der Waals surface area contributed by atoms with Gasteiger partial charge in [-0.15, -0.1) is 0 Å². The van der Waals surface area contributed by atoms with Gasteiger partial charge in [-0.25, -0.2) is 0 Å². The van der Waals surface area contributed by atoms with Gasteiger partial charge in [0.25, 0.3) is 0 Å². The molecule has 0 N–H and O–H groups in total. The molecule has 1 heterocycles. The molecule has 0 unspecified atom stereocenters. The van der Waals surface area contributed by atoms with Gasteiger partial charge in [0.15, 0.2) is 0 Å². The van der Waals surface area contributed by atoms with Gasteiger partial charge >= 0.3 is 0 Å². The average Bonchev–Trinajstić information content (AvgIpc) is 2.21. The van der Waals surface area contributed by atoms with Gasteiger partial charge in [-0.3, -0.25) is 4.90 Å². The van der Waals surface area contributed by atoms with E-state index in [4.69, 9.17) is 4.74 Å². The Morgan fingerprint density at radius 3 is 2.36 bits per heavy atom. The van der Waals surface area contributed by atoms with Gasteiger partial charge in [-0.2, -0.15) is 0 Å². The molecule has 0 saturated carbocycles. The van der Waals surface area contributed by atoms with Crippen LogP contribution in [0, 0.1) is 0 Å². The zero-order valence-electron chi connectivity index (χ0n) is 8.36. The Hall–Kier alpha value is -0.795. The highest BCUT2D eigenvalue weighted by atomic mass is 16.5. The summed E-state index contributed by atoms with van der Waals surface area (Å²) in [5, 5.41) is 0. The molecule has 1 aliphatic heterocycles. The molecule has 0 atom stereocenters. The summed E-state index contributed by atoms with van der Waals surface area (Å²) < 4.78 is 5.30. The van der Waals surface area contributed by atoms with Crippen LogP contribution in [-0.4, -0.2) is 39.6 Å². The minimum Gasteiger partial charge on any atom is -0.379 e. The predicted molar refractivity (Wildman–Crippen MR) is 58.3 cm³/mol. The second-order valence-electron chi connectivity index (χ2n) is 3.37. The molecule has 0 spiro atoms. The maximum atomic E-state index is 5.30. The highest BCUT2D eigenvalue weighted by Gasteiger charge is 2.09. The Morgan fingerprint density at radius 2 is 1.71 bits per heavy atom. The Balaban J connectivity index is 0.000000980. The molecule has 1 saturated heterocycles. The smallest absolute Gasteiger partial charge is 0.0594 e. The second kappa shape index (κ2) is 5.84. The van der Waals surface area contributed by atoms with Crippen LogP contribution in [-0.2, 0) is 11.3 Å². The first-order chi connectivity index (χ1) is 6.45. The number of morpholine rings is 1. The van der Waals surface area contributed by atoms with Crippen LogP contribution < -0.4 is 0 Å². The van der Waals surface area contributed by atoms with Crippen molar-refractivity contribution < 1.29 is 4.74 Å². The van der Waals surface area contributed by atoms with Gasteiger partial charge in [0.2, 0.25) is 0 Å². The molecule has 0 amide bonds. The van der Waals surface area contributed by atoms with Crippen LogP contribution >= 0.6 is 0 Å². The van der Waals surface area contributed by atoms with E-state index < -0.39 is 0 Å². The van der Waals surface area contributed by atoms with E-state index in [1.54, 1.807) is 0 Å². The highest BCUT2D eigenvalue weighted by molar-refractivity contribution is 5.75. The molecule has 2 nitrogen and oxygen atoms in total. The van der Waals surface area contributed by atoms with Gasteiger partial charge < -0.3 is 4.74 Å². The van der Waals surface area contributed by atoms with E-state index in [1.165, 1.54) is 5.56 Å². The minimum absolute atomic E-state index is 0. The number of benzene rings is 1. The fourth-order valence-corrected chi connectivity index (χ4v) is 1.60. The Morgan fingerprint density at radius 1 is 1.07 bits per heavy atom. The molecule has 2 rings (SSSR count). The molecular weight excluding hydrogens is 173 g/mol. The van der Waals surface area contributed by atoms with E-state index in [0.29, 0.717) is 0 Å². The van der Waals surface area contributed by atoms with Crippen LogP contribution in [0.2, 0.25) is 0 Å². The lowest BCUT2D eigenvalue weighted by atomic mass is 10.2. The van der Waals surface area contributed by atoms with Crippen LogP contribution in [0.3, 0.4) is 0 Å². The summed E-state index contributed by atoms with van der Waals surface area (Å²) in [6, 6.07) is 10.6. The lowest BCUT2D eigenvalue weighted by Gasteiger charge is -2.26. The van der Waals surface area contributed by atoms with Gasteiger partial charge in [-0.05, 0) is 5.56 Å². The average molecular weight is 188 g/mol. The zero-order chi connectivity index (χ0) is 8.93. The van der Waals surface area contributed by atoms with E-state index in [0.717, 1.165) is 32.8 Å². The maximum absolute atomic E-state index is 5.30. The third kappa shape index (κ3) is 3.16. The van der Waals surface area contributed by atoms with Gasteiger partial charge in [-0.1, -0.05) is 30.3 Å². The summed E-state index contributed by atoms with van der Waals surface area (Å²) in [6.07, 6.45) is 0. The Kier molecular flexibility index (Phi) is 4.70. The molecule has 14 heavy (non-hydrogen) atoms. The normalized spacial score (nSPS) is 17.4. The molecule has 3 radical (unpaired) electrons. The van der Waals surface area contributed by atoms with Crippen molar-refractivity contribution in [3.63, 3.8) is 0 Å². The van der Waals surface area contributed by atoms with Crippen molar-refractivity contribution in [3.8, 4) is 0 Å². The molecule has 1 aromatic carbocycles. The van der Waals surface area contributed by atoms with Crippen LogP contribution in [0.15, 0.2) is 30.3 Å². The summed E-state index contributed by atoms with van der Waals surface area (Å²) in [7, 11) is 0. The SMILES string of the molecule is [B].c1ccc(CN2CCOCC2)cc1. The fourth-order valence-electron chi connectivity index (χ4n) is 1.60. The third-order valence-electron chi connectivity index (χ3n) is 2.35. The van der Waals surface area contributed by atoms with Crippen LogP contribution in [0.5, 0.6) is 0 Å². The standard InChI is InChI=1S/C11H15NO.B/c1-2-4-11(5-3-1)10-12-6-8-13-9-7-12;/h1-5H,6-10H2;. The molecular formula is C11H15BNO. The lowest BCUT2D eigenvalue weighted by Crippen LogP contribution is -2.35. The van der Waals surface area contributed by atoms with E-state index in [2.05, 4.69) is 35.2 Å². The van der Waals surface area contributed by atoms with Crippen molar-refractivity contribution in [2.75, 3.05) is 26.3 Å². The van der Waals surface area contributed by atoms with Gasteiger partial charge in [0.1, 0.15) is 0 Å². The predicted octanol–water partition coefficient (Wildman–Crippen LogP) is 1.14. The molecule has 1 aliphatic rings. The number of hydrogen-bond acceptors (Lipinski definition) is 2. The van der Waals surface area contributed by atoms with E-state index in [9.17, 15) is 0 Å². The van der Waals surface area contributed by atoms with Crippen molar-refractivity contribution in [1.29, 1.82) is 0 Å². The number of hydrogen-bond donors (Lipinski definition) is 0. The molecule has 73 valence electrons. The Bertz CT molecular complexity index is 247. The lowest BCUT2D eigenvalue weighted by molar-refractivity contribution is 0.0342. The maximum Gasteiger partial charge on any atom is 0.0594 e. The fraction of sp³-hybridized carbons (Fsp3) is 0.455. The molecule has 1 aromatic rings. The Labute approximate surface area is 87.4 Å². The molecule has 0 bridgehead atoms. The zero-order valence-corrected chi connectivity index (χ0v) is 8.36. The van der Waals surface area contributed by atoms with Crippen molar-refractivity contribution in [1.82, 2.24) is 4.90 Å². The number of ether oxygens (including phenoxy) is 1. The van der Waals surface area contributed by atoms with Crippen LogP contribution in [0.1, 0.15) is 5.56 Å². The number of nitrogens with zero attached hydrogens (tertiary/aromatic N) is 1. The van der Waals surface area contributed by atoms with Crippen molar-refractivity contribution in [2.24, 2.45) is 0 Å². The largest absolute Gasteiger partial charge is 0.379 e. The number of rotatable bonds is 2. The summed E-state index contributed by atoms with van der Waals surface area (Å²) in [6.45, 7) is 4.95. The minimum atomic E-state index is 0. The molecule has 0 aliphatic carbocycles. The van der Waals surface area contributed by atoms with E-state index in [-0.39, 0.29) is 8.41 Å². The van der Waals surface area contributed by atoms with Crippen LogP contribution in [0.4, 0.5) is 0 Å². The third-order valence-corrected chi connectivity index (χ3v) is 2.35. The summed E-state index contributed by atoms with van der Waals surface area (Å²) in [5.41, 5.74) is 1.39. The highest BCUT2D eigenvalue weighted by Crippen LogP contribution is 2.05. The summed E-state index contributed by atoms with van der Waals surface area (Å²) in [4.78, 5) is 2.43. The van der Waals surface area contributed by atoms with E-state index >= 15 is 0 Å². The first-order valence-electron chi connectivity index (χ1n) is 4.79. The second-order valence-corrected chi connectivity index (χ2v) is 3.37. The van der Waals surface area contributed by atoms with Crippen molar-refractivity contribution in [3.05, 3.63) is 35.9 Å². The summed E-state index contributed by atoms with van der Waals surface area (Å²) in [5.74, 6) is 0. The molecule has 1 fully saturated rings. The van der Waals surface area contributed by atoms with Crippen LogP contribution in [0.25, 0.3) is 0 Å². The molecule has 0 aromatic heterocycles. The van der Waals surface area contributed by atoms with E-state index in [1.807, 2.05) is 0 Å². The summed E-state index contributed by atoms with van der Waals surface area (Å²) >= 11 is 0. The van der Waals surface area contributed by atoms with Crippen molar-refractivity contribution >= 4 is 8.41 Å². The van der Waals surface area contributed by atoms with Gasteiger partial charge in [0, 0.05) is 28.0 Å². The van der Waals surface area contributed by atoms with Gasteiger partial charge in [0.05, 0.1) is 13.2 Å². The topological polar surface area (TPSA) is 12.5 Å².